The van der Waals surface area contributed by atoms with Crippen LogP contribution in [-0.4, -0.2) is 13.2 Å². The zero-order chi connectivity index (χ0) is 10.8. The normalized spacial score (nSPS) is 24.7. The van der Waals surface area contributed by atoms with Gasteiger partial charge in [0.25, 0.3) is 0 Å². The Labute approximate surface area is 89.8 Å². The smallest absolute Gasteiger partial charge is 0.185 e. The molecular weight excluding hydrogens is 188 g/mol. The van der Waals surface area contributed by atoms with Gasteiger partial charge >= 0.3 is 0 Å². The Kier molecular flexibility index (Phi) is 2.71. The van der Waals surface area contributed by atoms with Crippen LogP contribution in [0.4, 0.5) is 0 Å². The van der Waals surface area contributed by atoms with Crippen molar-refractivity contribution < 1.29 is 9.47 Å². The van der Waals surface area contributed by atoms with Crippen LogP contribution in [0.5, 0.6) is 0 Å². The van der Waals surface area contributed by atoms with E-state index in [0.717, 1.165) is 16.7 Å². The lowest BCUT2D eigenvalue weighted by Crippen LogP contribution is -2.24. The predicted molar refractivity (Wildman–Crippen MR) is 60.3 cm³/mol. The quantitative estimate of drug-likeness (QED) is 0.686. The van der Waals surface area contributed by atoms with Crippen molar-refractivity contribution in [1.29, 1.82) is 0 Å². The maximum Gasteiger partial charge on any atom is 0.185 e. The van der Waals surface area contributed by atoms with Crippen molar-refractivity contribution >= 4 is 5.57 Å². The second-order valence-corrected chi connectivity index (χ2v) is 3.47. The van der Waals surface area contributed by atoms with Crippen molar-refractivity contribution in [2.75, 3.05) is 7.11 Å². The highest BCUT2D eigenvalue weighted by Gasteiger charge is 2.28. The molecule has 2 unspecified atom stereocenters. The fourth-order valence-corrected chi connectivity index (χ4v) is 1.82. The van der Waals surface area contributed by atoms with E-state index < -0.39 is 0 Å². The minimum Gasteiger partial charge on any atom is -0.352 e. The molecule has 0 aromatic heterocycles. The molecule has 0 amide bonds. The first-order valence-electron chi connectivity index (χ1n) is 4.87. The van der Waals surface area contributed by atoms with Gasteiger partial charge < -0.3 is 9.47 Å². The Hall–Kier alpha value is -1.38. The van der Waals surface area contributed by atoms with Crippen LogP contribution in [0.3, 0.4) is 0 Å². The summed E-state index contributed by atoms with van der Waals surface area (Å²) in [5.74, 6) is 0. The molecule has 0 saturated carbocycles. The maximum atomic E-state index is 5.68. The summed E-state index contributed by atoms with van der Waals surface area (Å²) in [6.07, 6.45) is 1.25. The number of rotatable bonds is 2. The first kappa shape index (κ1) is 10.1. The van der Waals surface area contributed by atoms with Crippen LogP contribution in [0.1, 0.15) is 17.4 Å². The van der Waals surface area contributed by atoms with Crippen LogP contribution in [0, 0.1) is 0 Å². The summed E-state index contributed by atoms with van der Waals surface area (Å²) in [6.45, 7) is 7.76. The molecule has 2 atom stereocenters. The first-order valence-corrected chi connectivity index (χ1v) is 4.87. The van der Waals surface area contributed by atoms with Crippen LogP contribution < -0.4 is 0 Å². The number of hydrogen-bond donors (Lipinski definition) is 0. The molecule has 1 heterocycles. The summed E-state index contributed by atoms with van der Waals surface area (Å²) in [5.41, 5.74) is 3.07. The van der Waals surface area contributed by atoms with E-state index in [0.29, 0.717) is 0 Å². The Balaban J connectivity index is 2.49. The Morgan fingerprint density at radius 2 is 2.13 bits per heavy atom. The highest BCUT2D eigenvalue weighted by atomic mass is 16.7. The van der Waals surface area contributed by atoms with Crippen molar-refractivity contribution in [3.8, 4) is 0 Å². The van der Waals surface area contributed by atoms with Gasteiger partial charge in [0, 0.05) is 12.7 Å². The van der Waals surface area contributed by atoms with Crippen LogP contribution in [0.25, 0.3) is 5.57 Å². The average Bonchev–Trinajstić information content (AvgIpc) is 2.30. The van der Waals surface area contributed by atoms with E-state index in [9.17, 15) is 0 Å². The third kappa shape index (κ3) is 1.62. The van der Waals surface area contributed by atoms with Gasteiger partial charge in [0.1, 0.15) is 6.10 Å². The molecule has 0 bridgehead atoms. The number of methoxy groups -OCH3 is 1. The monoisotopic (exact) mass is 202 g/mol. The van der Waals surface area contributed by atoms with Crippen LogP contribution in [-0.2, 0) is 9.47 Å². The van der Waals surface area contributed by atoms with Gasteiger partial charge in [-0.2, -0.15) is 0 Å². The number of benzene rings is 1. The topological polar surface area (TPSA) is 18.5 Å². The number of ether oxygens (including phenoxy) is 2. The van der Waals surface area contributed by atoms with Crippen molar-refractivity contribution in [3.63, 3.8) is 0 Å². The zero-order valence-electron chi connectivity index (χ0n) is 8.77. The second kappa shape index (κ2) is 4.01. The van der Waals surface area contributed by atoms with Gasteiger partial charge in [-0.3, -0.25) is 0 Å². The molecule has 0 saturated heterocycles. The SMILES string of the molecule is C=CC1OC(OC)c2ccccc2C1=C. The molecule has 0 aliphatic carbocycles. The molecule has 1 aliphatic rings. The Morgan fingerprint density at radius 3 is 2.80 bits per heavy atom. The van der Waals surface area contributed by atoms with Gasteiger partial charge in [-0.15, -0.1) is 6.58 Å². The lowest BCUT2D eigenvalue weighted by molar-refractivity contribution is -0.139. The molecular formula is C13H14O2. The molecule has 2 heteroatoms. The summed E-state index contributed by atoms with van der Waals surface area (Å²) in [5, 5.41) is 0. The largest absolute Gasteiger partial charge is 0.352 e. The van der Waals surface area contributed by atoms with Gasteiger partial charge in [-0.05, 0) is 11.1 Å². The summed E-state index contributed by atoms with van der Waals surface area (Å²) in [6, 6.07) is 7.98. The highest BCUT2D eigenvalue weighted by Crippen LogP contribution is 2.36. The predicted octanol–water partition coefficient (Wildman–Crippen LogP) is 2.93. The van der Waals surface area contributed by atoms with Gasteiger partial charge in [-0.25, -0.2) is 0 Å². The third-order valence-electron chi connectivity index (χ3n) is 2.60. The van der Waals surface area contributed by atoms with Gasteiger partial charge in [0.15, 0.2) is 6.29 Å². The van der Waals surface area contributed by atoms with Gasteiger partial charge in [-0.1, -0.05) is 36.9 Å². The van der Waals surface area contributed by atoms with Crippen LogP contribution in [0.2, 0.25) is 0 Å². The van der Waals surface area contributed by atoms with Crippen molar-refractivity contribution in [1.82, 2.24) is 0 Å². The van der Waals surface area contributed by atoms with E-state index in [1.165, 1.54) is 0 Å². The van der Waals surface area contributed by atoms with E-state index in [1.807, 2.05) is 24.3 Å². The lowest BCUT2D eigenvalue weighted by atomic mass is 9.94. The standard InChI is InChI=1S/C13H14O2/c1-4-12-9(2)10-7-5-6-8-11(10)13(14-3)15-12/h4-8,12-13H,1-2H2,3H3. The van der Waals surface area contributed by atoms with Gasteiger partial charge in [0.2, 0.25) is 0 Å². The molecule has 2 rings (SSSR count). The Morgan fingerprint density at radius 1 is 1.40 bits per heavy atom. The second-order valence-electron chi connectivity index (χ2n) is 3.47. The molecule has 0 fully saturated rings. The van der Waals surface area contributed by atoms with E-state index in [4.69, 9.17) is 9.47 Å². The maximum absolute atomic E-state index is 5.68. The van der Waals surface area contributed by atoms with Crippen LogP contribution in [0.15, 0.2) is 43.5 Å². The summed E-state index contributed by atoms with van der Waals surface area (Å²) >= 11 is 0. The zero-order valence-corrected chi connectivity index (χ0v) is 8.77. The highest BCUT2D eigenvalue weighted by molar-refractivity contribution is 5.72. The molecule has 1 aromatic carbocycles. The number of fused-ring (bicyclic) bond motifs is 1. The van der Waals surface area contributed by atoms with E-state index in [2.05, 4.69) is 13.2 Å². The lowest BCUT2D eigenvalue weighted by Gasteiger charge is -2.31. The summed E-state index contributed by atoms with van der Waals surface area (Å²) in [4.78, 5) is 0. The van der Waals surface area contributed by atoms with Crippen molar-refractivity contribution in [2.45, 2.75) is 12.4 Å². The molecule has 78 valence electrons. The first-order chi connectivity index (χ1) is 7.27. The molecule has 1 aromatic rings. The summed E-state index contributed by atoms with van der Waals surface area (Å²) < 4.78 is 11.0. The molecule has 15 heavy (non-hydrogen) atoms. The van der Waals surface area contributed by atoms with Crippen molar-refractivity contribution in [2.24, 2.45) is 0 Å². The van der Waals surface area contributed by atoms with E-state index in [1.54, 1.807) is 13.2 Å². The molecule has 1 aliphatic heterocycles. The minimum atomic E-state index is -0.324. The fraction of sp³-hybridized carbons (Fsp3) is 0.231. The molecule has 0 radical (unpaired) electrons. The third-order valence-corrected chi connectivity index (χ3v) is 2.60. The van der Waals surface area contributed by atoms with E-state index >= 15 is 0 Å². The molecule has 2 nitrogen and oxygen atoms in total. The fourth-order valence-electron chi connectivity index (χ4n) is 1.82. The Bertz CT molecular complexity index is 395. The van der Waals surface area contributed by atoms with E-state index in [-0.39, 0.29) is 12.4 Å². The summed E-state index contributed by atoms with van der Waals surface area (Å²) in [7, 11) is 1.63. The molecule has 0 spiro atoms. The van der Waals surface area contributed by atoms with Crippen LogP contribution >= 0.6 is 0 Å². The molecule has 0 N–H and O–H groups in total. The minimum absolute atomic E-state index is 0.162. The number of hydrogen-bond acceptors (Lipinski definition) is 2. The van der Waals surface area contributed by atoms with Gasteiger partial charge in [0.05, 0.1) is 0 Å². The average molecular weight is 202 g/mol. The van der Waals surface area contributed by atoms with Crippen molar-refractivity contribution in [3.05, 3.63) is 54.6 Å².